The van der Waals surface area contributed by atoms with Crippen molar-refractivity contribution in [2.75, 3.05) is 24.7 Å². The number of amides is 1. The molecule has 128 valence electrons. The second-order valence-electron chi connectivity index (χ2n) is 6.03. The van der Waals surface area contributed by atoms with Gasteiger partial charge in [-0.25, -0.2) is 8.42 Å². The molecule has 0 saturated carbocycles. The van der Waals surface area contributed by atoms with Crippen molar-refractivity contribution in [2.24, 2.45) is 0 Å². The summed E-state index contributed by atoms with van der Waals surface area (Å²) in [5, 5.41) is 0. The van der Waals surface area contributed by atoms with E-state index < -0.39 is 9.84 Å². The Hall–Kier alpha value is -1.56. The lowest BCUT2D eigenvalue weighted by atomic mass is 10.1. The number of sulfone groups is 1. The van der Waals surface area contributed by atoms with E-state index in [0.29, 0.717) is 19.6 Å². The van der Waals surface area contributed by atoms with Crippen LogP contribution in [-0.2, 0) is 14.6 Å². The largest absolute Gasteiger partial charge is 0.493 e. The number of hydrogen-bond acceptors (Lipinski definition) is 4. The molecule has 6 heteroatoms. The molecule has 1 saturated heterocycles. The van der Waals surface area contributed by atoms with Crippen molar-refractivity contribution in [3.63, 3.8) is 0 Å². The maximum Gasteiger partial charge on any atom is 0.226 e. The Morgan fingerprint density at radius 3 is 2.70 bits per heavy atom. The quantitative estimate of drug-likeness (QED) is 0.796. The summed E-state index contributed by atoms with van der Waals surface area (Å²) in [6.45, 7) is 6.73. The fourth-order valence-electron chi connectivity index (χ4n) is 2.93. The molecule has 0 aliphatic carbocycles. The Kier molecular flexibility index (Phi) is 5.68. The number of carbonyl (C=O) groups excluding carboxylic acids is 1. The molecule has 0 bridgehead atoms. The molecular weight excluding hydrogens is 314 g/mol. The highest BCUT2D eigenvalue weighted by Gasteiger charge is 2.33. The fraction of sp³-hybridized carbons (Fsp3) is 0.588. The first-order valence-electron chi connectivity index (χ1n) is 8.03. The molecule has 1 unspecified atom stereocenters. The summed E-state index contributed by atoms with van der Waals surface area (Å²) in [4.78, 5) is 14.0. The number of benzene rings is 1. The zero-order valence-electron chi connectivity index (χ0n) is 14.0. The zero-order chi connectivity index (χ0) is 17.0. The summed E-state index contributed by atoms with van der Waals surface area (Å²) in [5.41, 5.74) is 2.23. The van der Waals surface area contributed by atoms with Gasteiger partial charge in [0.05, 0.1) is 24.5 Å². The van der Waals surface area contributed by atoms with Crippen molar-refractivity contribution < 1.29 is 17.9 Å². The number of nitrogens with zero attached hydrogens (tertiary/aromatic N) is 1. The second-order valence-corrected chi connectivity index (χ2v) is 8.26. The Morgan fingerprint density at radius 2 is 2.09 bits per heavy atom. The van der Waals surface area contributed by atoms with Crippen molar-refractivity contribution in [1.82, 2.24) is 4.90 Å². The first-order chi connectivity index (χ1) is 10.8. The SMILES string of the molecule is CCN(C(=O)CCOc1cccc(C)c1C)C1CCS(=O)(=O)C1. The third-order valence-electron chi connectivity index (χ3n) is 4.44. The Bertz CT molecular complexity index is 669. The molecule has 2 rings (SSSR count). The van der Waals surface area contributed by atoms with Crippen LogP contribution in [0.1, 0.15) is 30.9 Å². The van der Waals surface area contributed by atoms with E-state index in [1.165, 1.54) is 0 Å². The molecule has 1 amide bonds. The van der Waals surface area contributed by atoms with Crippen molar-refractivity contribution in [1.29, 1.82) is 0 Å². The van der Waals surface area contributed by atoms with Gasteiger partial charge in [0.25, 0.3) is 0 Å². The van der Waals surface area contributed by atoms with Gasteiger partial charge in [0.1, 0.15) is 5.75 Å². The predicted octanol–water partition coefficient (Wildman–Crippen LogP) is 2.11. The topological polar surface area (TPSA) is 63.7 Å². The lowest BCUT2D eigenvalue weighted by Gasteiger charge is -2.27. The molecule has 1 fully saturated rings. The van der Waals surface area contributed by atoms with E-state index in [-0.39, 0.29) is 29.9 Å². The minimum Gasteiger partial charge on any atom is -0.493 e. The van der Waals surface area contributed by atoms with Gasteiger partial charge in [-0.3, -0.25) is 4.79 Å². The number of carbonyl (C=O) groups is 1. The van der Waals surface area contributed by atoms with E-state index in [0.717, 1.165) is 16.9 Å². The van der Waals surface area contributed by atoms with E-state index in [9.17, 15) is 13.2 Å². The lowest BCUT2D eigenvalue weighted by molar-refractivity contribution is -0.133. The lowest BCUT2D eigenvalue weighted by Crippen LogP contribution is -2.41. The van der Waals surface area contributed by atoms with Gasteiger partial charge in [0, 0.05) is 12.6 Å². The summed E-state index contributed by atoms with van der Waals surface area (Å²) < 4.78 is 28.9. The highest BCUT2D eigenvalue weighted by Crippen LogP contribution is 2.21. The van der Waals surface area contributed by atoms with Crippen LogP contribution in [0.25, 0.3) is 0 Å². The van der Waals surface area contributed by atoms with Crippen LogP contribution in [0.15, 0.2) is 18.2 Å². The monoisotopic (exact) mass is 339 g/mol. The van der Waals surface area contributed by atoms with Gasteiger partial charge >= 0.3 is 0 Å². The van der Waals surface area contributed by atoms with Crippen LogP contribution in [-0.4, -0.2) is 49.9 Å². The number of rotatable bonds is 6. The maximum absolute atomic E-state index is 12.4. The van der Waals surface area contributed by atoms with Gasteiger partial charge in [0.2, 0.25) is 5.91 Å². The molecule has 1 atom stereocenters. The maximum atomic E-state index is 12.4. The first kappa shape index (κ1) is 17.8. The van der Waals surface area contributed by atoms with E-state index in [1.807, 2.05) is 39.0 Å². The number of ether oxygens (including phenoxy) is 1. The van der Waals surface area contributed by atoms with Crippen LogP contribution in [0.2, 0.25) is 0 Å². The summed E-state index contributed by atoms with van der Waals surface area (Å²) in [6.07, 6.45) is 0.803. The van der Waals surface area contributed by atoms with Crippen molar-refractivity contribution >= 4 is 15.7 Å². The molecular formula is C17H25NO4S. The molecule has 1 aromatic rings. The smallest absolute Gasteiger partial charge is 0.226 e. The average molecular weight is 339 g/mol. The van der Waals surface area contributed by atoms with E-state index in [1.54, 1.807) is 4.90 Å². The van der Waals surface area contributed by atoms with E-state index >= 15 is 0 Å². The summed E-state index contributed by atoms with van der Waals surface area (Å²) >= 11 is 0. The molecule has 0 N–H and O–H groups in total. The van der Waals surface area contributed by atoms with E-state index in [4.69, 9.17) is 4.74 Å². The van der Waals surface area contributed by atoms with Gasteiger partial charge in [0.15, 0.2) is 9.84 Å². The fourth-order valence-corrected chi connectivity index (χ4v) is 4.66. The van der Waals surface area contributed by atoms with Gasteiger partial charge in [-0.2, -0.15) is 0 Å². The second kappa shape index (κ2) is 7.34. The van der Waals surface area contributed by atoms with E-state index in [2.05, 4.69) is 0 Å². The zero-order valence-corrected chi connectivity index (χ0v) is 14.9. The molecule has 0 spiro atoms. The standard InChI is InChI=1S/C17H25NO4S/c1-4-18(15-9-11-23(20,21)12-15)17(19)8-10-22-16-7-5-6-13(2)14(16)3/h5-7,15H,4,8-12H2,1-3H3. The van der Waals surface area contributed by atoms with Crippen molar-refractivity contribution in [3.05, 3.63) is 29.3 Å². The third kappa shape index (κ3) is 4.47. The van der Waals surface area contributed by atoms with Crippen LogP contribution >= 0.6 is 0 Å². The summed E-state index contributed by atoms with van der Waals surface area (Å²) in [7, 11) is -2.98. The number of aryl methyl sites for hydroxylation is 1. The highest BCUT2D eigenvalue weighted by atomic mass is 32.2. The van der Waals surface area contributed by atoms with Crippen LogP contribution < -0.4 is 4.74 Å². The Balaban J connectivity index is 1.89. The van der Waals surface area contributed by atoms with Gasteiger partial charge < -0.3 is 9.64 Å². The molecule has 1 heterocycles. The third-order valence-corrected chi connectivity index (χ3v) is 6.19. The molecule has 1 aliphatic rings. The number of hydrogen-bond donors (Lipinski definition) is 0. The molecule has 1 aromatic carbocycles. The first-order valence-corrected chi connectivity index (χ1v) is 9.85. The molecule has 5 nitrogen and oxygen atoms in total. The average Bonchev–Trinajstić information content (AvgIpc) is 2.84. The predicted molar refractivity (Wildman–Crippen MR) is 90.5 cm³/mol. The van der Waals surface area contributed by atoms with Gasteiger partial charge in [-0.05, 0) is 44.4 Å². The molecule has 0 radical (unpaired) electrons. The minimum absolute atomic E-state index is 0.0418. The summed E-state index contributed by atoms with van der Waals surface area (Å²) in [6, 6.07) is 5.67. The van der Waals surface area contributed by atoms with Crippen LogP contribution in [0, 0.1) is 13.8 Å². The van der Waals surface area contributed by atoms with Gasteiger partial charge in [-0.15, -0.1) is 0 Å². The Morgan fingerprint density at radius 1 is 1.35 bits per heavy atom. The normalized spacial score (nSPS) is 19.5. The molecule has 23 heavy (non-hydrogen) atoms. The Labute approximate surface area is 138 Å². The van der Waals surface area contributed by atoms with Crippen molar-refractivity contribution in [2.45, 2.75) is 39.7 Å². The van der Waals surface area contributed by atoms with Crippen molar-refractivity contribution in [3.8, 4) is 5.75 Å². The molecule has 0 aromatic heterocycles. The minimum atomic E-state index is -2.98. The highest BCUT2D eigenvalue weighted by molar-refractivity contribution is 7.91. The summed E-state index contributed by atoms with van der Waals surface area (Å²) in [5.74, 6) is 1.02. The van der Waals surface area contributed by atoms with Gasteiger partial charge in [-0.1, -0.05) is 12.1 Å². The van der Waals surface area contributed by atoms with Crippen LogP contribution in [0.3, 0.4) is 0 Å². The van der Waals surface area contributed by atoms with Crippen LogP contribution in [0.5, 0.6) is 5.75 Å². The van der Waals surface area contributed by atoms with Crippen LogP contribution in [0.4, 0.5) is 0 Å². The molecule has 1 aliphatic heterocycles.